The highest BCUT2D eigenvalue weighted by molar-refractivity contribution is 5.76. The molecule has 0 aliphatic heterocycles. The Morgan fingerprint density at radius 2 is 1.71 bits per heavy atom. The Morgan fingerprint density at radius 3 is 2.31 bits per heavy atom. The van der Waals surface area contributed by atoms with E-state index in [1.165, 1.54) is 87.8 Å². The average molecular weight is 563 g/mol. The first-order chi connectivity index (χ1) is 19.8. The first-order valence-electron chi connectivity index (χ1n) is 16.4. The summed E-state index contributed by atoms with van der Waals surface area (Å²) in [6.45, 7) is 31.6. The second-order valence-corrected chi connectivity index (χ2v) is 14.3. The zero-order chi connectivity index (χ0) is 31.0. The van der Waals surface area contributed by atoms with E-state index < -0.39 is 0 Å². The summed E-state index contributed by atoms with van der Waals surface area (Å²) in [5, 5.41) is 0. The number of rotatable bonds is 11. The van der Waals surface area contributed by atoms with E-state index in [2.05, 4.69) is 130 Å². The third-order valence-electron chi connectivity index (χ3n) is 9.63. The van der Waals surface area contributed by atoms with Crippen LogP contribution < -0.4 is 0 Å². The minimum Gasteiger partial charge on any atom is -0.0956 e. The summed E-state index contributed by atoms with van der Waals surface area (Å²) in [5.41, 5.74) is 13.5. The van der Waals surface area contributed by atoms with Crippen molar-refractivity contribution in [2.45, 2.75) is 113 Å². The highest BCUT2D eigenvalue weighted by Crippen LogP contribution is 2.42. The maximum Gasteiger partial charge on any atom is -0.000709 e. The molecule has 0 radical (unpaired) electrons. The molecule has 0 N–H and O–H groups in total. The van der Waals surface area contributed by atoms with Gasteiger partial charge in [0.1, 0.15) is 0 Å². The van der Waals surface area contributed by atoms with Gasteiger partial charge in [0, 0.05) is 0 Å². The molecule has 0 saturated heterocycles. The van der Waals surface area contributed by atoms with Crippen molar-refractivity contribution in [3.05, 3.63) is 125 Å². The molecule has 1 aromatic carbocycles. The Labute approximate surface area is 259 Å². The highest BCUT2D eigenvalue weighted by Gasteiger charge is 2.29. The Kier molecular flexibility index (Phi) is 12.0. The monoisotopic (exact) mass is 562 g/mol. The van der Waals surface area contributed by atoms with Gasteiger partial charge in [-0.2, -0.15) is 0 Å². The molecule has 2 aliphatic rings. The zero-order valence-electron chi connectivity index (χ0n) is 28.2. The van der Waals surface area contributed by atoms with Crippen molar-refractivity contribution in [1.82, 2.24) is 0 Å². The van der Waals surface area contributed by atoms with Gasteiger partial charge in [0.05, 0.1) is 0 Å². The molecule has 226 valence electrons. The molecule has 0 aromatic heterocycles. The van der Waals surface area contributed by atoms with E-state index in [4.69, 9.17) is 0 Å². The predicted molar refractivity (Wildman–Crippen MR) is 189 cm³/mol. The van der Waals surface area contributed by atoms with Crippen molar-refractivity contribution in [3.8, 4) is 0 Å². The summed E-state index contributed by atoms with van der Waals surface area (Å²) in [4.78, 5) is 0. The number of hydrogen-bond donors (Lipinski definition) is 0. The smallest absolute Gasteiger partial charge is 0.000709 e. The summed E-state index contributed by atoms with van der Waals surface area (Å²) in [6, 6.07) is 9.32. The Balaban J connectivity index is 1.80. The fourth-order valence-electron chi connectivity index (χ4n) is 6.18. The molecule has 3 rings (SSSR count). The van der Waals surface area contributed by atoms with Crippen molar-refractivity contribution >= 4 is 5.57 Å². The second kappa shape index (κ2) is 15.0. The van der Waals surface area contributed by atoms with Crippen LogP contribution in [0.5, 0.6) is 0 Å². The van der Waals surface area contributed by atoms with Crippen molar-refractivity contribution < 1.29 is 0 Å². The maximum absolute atomic E-state index is 4.62. The number of hydrogen-bond acceptors (Lipinski definition) is 0. The first-order valence-corrected chi connectivity index (χ1v) is 16.4. The SMILES string of the molecule is C=C1CCC(C(C)(C)C)C/C1=C/C(/C=C(\C)C(=C)C[C@H](CCCCC)c1ccc(C2=CC(C)C(=C)C=C2)cc1)=C(C)C. The van der Waals surface area contributed by atoms with Gasteiger partial charge in [0.25, 0.3) is 0 Å². The molecule has 0 amide bonds. The van der Waals surface area contributed by atoms with Crippen LogP contribution in [0.15, 0.2) is 113 Å². The predicted octanol–water partition coefficient (Wildman–Crippen LogP) is 13.1. The van der Waals surface area contributed by atoms with E-state index in [1.54, 1.807) is 0 Å². The van der Waals surface area contributed by atoms with Gasteiger partial charge >= 0.3 is 0 Å². The van der Waals surface area contributed by atoms with E-state index in [-0.39, 0.29) is 0 Å². The molecule has 1 aromatic rings. The standard InChI is InChI=1S/C42H58/c1-12-13-14-15-37(35-19-21-36(22-20-35)38-18-16-30(4)32(6)24-38)25-33(7)34(8)26-39(29(2)3)27-40-28-41(42(9,10)11)23-17-31(40)5/h16,18-22,24,26-27,32,37,41H,4-5,7,12-15,17,23,25,28H2,1-3,6,8-11H3/b34-26+,40-27-/t32?,37-,41?/m0/s1. The largest absolute Gasteiger partial charge is 0.0956 e. The molecule has 0 heterocycles. The van der Waals surface area contributed by atoms with Crippen LogP contribution in [0.1, 0.15) is 124 Å². The minimum atomic E-state index is 0.327. The van der Waals surface area contributed by atoms with Crippen LogP contribution >= 0.6 is 0 Å². The molecule has 0 bridgehead atoms. The van der Waals surface area contributed by atoms with Gasteiger partial charge in [-0.1, -0.05) is 145 Å². The van der Waals surface area contributed by atoms with Crippen LogP contribution in [0.4, 0.5) is 0 Å². The van der Waals surface area contributed by atoms with Crippen molar-refractivity contribution in [3.63, 3.8) is 0 Å². The molecule has 42 heavy (non-hydrogen) atoms. The Hall–Kier alpha value is -2.86. The lowest BCUT2D eigenvalue weighted by Gasteiger charge is -2.36. The molecule has 2 unspecified atom stereocenters. The molecule has 3 atom stereocenters. The van der Waals surface area contributed by atoms with Crippen molar-refractivity contribution in [2.24, 2.45) is 17.3 Å². The number of benzene rings is 1. The first kappa shape index (κ1) is 33.6. The van der Waals surface area contributed by atoms with Gasteiger partial charge in [-0.3, -0.25) is 0 Å². The van der Waals surface area contributed by atoms with Crippen LogP contribution in [0.2, 0.25) is 0 Å². The third kappa shape index (κ3) is 9.32. The van der Waals surface area contributed by atoms with Gasteiger partial charge in [0.15, 0.2) is 0 Å². The minimum absolute atomic E-state index is 0.327. The van der Waals surface area contributed by atoms with Gasteiger partial charge in [-0.15, -0.1) is 0 Å². The Morgan fingerprint density at radius 1 is 1.02 bits per heavy atom. The van der Waals surface area contributed by atoms with E-state index in [0.717, 1.165) is 19.3 Å². The van der Waals surface area contributed by atoms with Crippen LogP contribution in [-0.4, -0.2) is 0 Å². The quantitative estimate of drug-likeness (QED) is 0.186. The summed E-state index contributed by atoms with van der Waals surface area (Å²) < 4.78 is 0. The third-order valence-corrected chi connectivity index (χ3v) is 9.63. The molecule has 0 heteroatoms. The summed E-state index contributed by atoms with van der Waals surface area (Å²) >= 11 is 0. The van der Waals surface area contributed by atoms with Crippen LogP contribution in [0, 0.1) is 17.3 Å². The lowest BCUT2D eigenvalue weighted by atomic mass is 9.69. The lowest BCUT2D eigenvalue weighted by molar-refractivity contribution is 0.215. The fraction of sp³-hybridized carbons (Fsp3) is 0.476. The highest BCUT2D eigenvalue weighted by atomic mass is 14.3. The average Bonchev–Trinajstić information content (AvgIpc) is 2.94. The fourth-order valence-corrected chi connectivity index (χ4v) is 6.18. The zero-order valence-corrected chi connectivity index (χ0v) is 28.2. The van der Waals surface area contributed by atoms with Crippen molar-refractivity contribution in [1.29, 1.82) is 0 Å². The normalized spacial score (nSPS) is 21.4. The van der Waals surface area contributed by atoms with E-state index in [1.807, 2.05) is 0 Å². The molecular formula is C42H58. The molecule has 0 nitrogen and oxygen atoms in total. The van der Waals surface area contributed by atoms with Gasteiger partial charge in [-0.05, 0) is 115 Å². The topological polar surface area (TPSA) is 0 Å². The van der Waals surface area contributed by atoms with Gasteiger partial charge in [0.2, 0.25) is 0 Å². The number of unbranched alkanes of at least 4 members (excludes halogenated alkanes) is 2. The summed E-state index contributed by atoms with van der Waals surface area (Å²) in [5.74, 6) is 1.58. The molecule has 2 aliphatic carbocycles. The molecule has 1 fully saturated rings. The van der Waals surface area contributed by atoms with Gasteiger partial charge in [-0.25, -0.2) is 0 Å². The van der Waals surface area contributed by atoms with Crippen molar-refractivity contribution in [2.75, 3.05) is 0 Å². The van der Waals surface area contributed by atoms with E-state index in [9.17, 15) is 0 Å². The molecule has 1 saturated carbocycles. The molecule has 0 spiro atoms. The van der Waals surface area contributed by atoms with Crippen LogP contribution in [0.25, 0.3) is 5.57 Å². The van der Waals surface area contributed by atoms with E-state index in [0.29, 0.717) is 23.2 Å². The second-order valence-electron chi connectivity index (χ2n) is 14.3. The van der Waals surface area contributed by atoms with Crippen LogP contribution in [0.3, 0.4) is 0 Å². The van der Waals surface area contributed by atoms with Crippen LogP contribution in [-0.2, 0) is 0 Å². The molecular weight excluding hydrogens is 504 g/mol. The summed E-state index contributed by atoms with van der Waals surface area (Å²) in [7, 11) is 0. The number of allylic oxidation sites excluding steroid dienone is 13. The maximum atomic E-state index is 4.62. The van der Waals surface area contributed by atoms with Gasteiger partial charge < -0.3 is 0 Å². The summed E-state index contributed by atoms with van der Waals surface area (Å²) in [6.07, 6.45) is 21.0. The van der Waals surface area contributed by atoms with E-state index >= 15 is 0 Å². The lowest BCUT2D eigenvalue weighted by Crippen LogP contribution is -2.24. The Bertz CT molecular complexity index is 1280.